The third-order valence-corrected chi connectivity index (χ3v) is 4.38. The Bertz CT molecular complexity index is 397. The monoisotopic (exact) mass is 399 g/mol. The summed E-state index contributed by atoms with van der Waals surface area (Å²) in [7, 11) is 6.54. The number of hydrogen-bond acceptors (Lipinski definition) is 1. The molecule has 1 aromatic carbocycles. The summed E-state index contributed by atoms with van der Waals surface area (Å²) in [5.74, 6) is 0.998. The molecule has 0 aliphatic carbocycles. The van der Waals surface area contributed by atoms with Gasteiger partial charge in [0.2, 0.25) is 0 Å². The Morgan fingerprint density at radius 2 is 1.17 bits per heavy atom. The molecule has 1 aromatic rings. The van der Waals surface area contributed by atoms with E-state index in [1.165, 1.54) is 69.9 Å². The molecular formula is C21H38BrNO. The molecule has 0 saturated heterocycles. The molecular weight excluding hydrogens is 362 g/mol. The maximum Gasteiger partial charge on any atom is 0.132 e. The van der Waals surface area contributed by atoms with E-state index in [2.05, 4.69) is 52.3 Å². The van der Waals surface area contributed by atoms with Crippen LogP contribution in [0.1, 0.15) is 71.1 Å². The van der Waals surface area contributed by atoms with Crippen molar-refractivity contribution < 1.29 is 21.7 Å². The van der Waals surface area contributed by atoms with Crippen LogP contribution in [0.25, 0.3) is 0 Å². The number of benzene rings is 1. The zero-order valence-electron chi connectivity index (χ0n) is 16.3. The quantitative estimate of drug-likeness (QED) is 0.365. The molecule has 0 aliphatic heterocycles. The number of unbranched alkanes of at least 4 members (excludes halogenated alkanes) is 9. The summed E-state index contributed by atoms with van der Waals surface area (Å²) in [5, 5.41) is 0. The highest BCUT2D eigenvalue weighted by Crippen LogP contribution is 2.21. The number of hydrogen-bond donors (Lipinski definition) is 0. The fourth-order valence-electron chi connectivity index (χ4n) is 2.77. The van der Waals surface area contributed by atoms with E-state index in [4.69, 9.17) is 4.74 Å². The third-order valence-electron chi connectivity index (χ3n) is 4.38. The highest BCUT2D eigenvalue weighted by molar-refractivity contribution is 5.44. The third kappa shape index (κ3) is 11.1. The standard InChI is InChI=1S/C21H38NO.BrH/c1-5-6-7-8-9-10-11-12-13-14-19-23-21-17-15-20(16-18-21)22(2,3)4;/h15-18H,5-14,19H2,1-4H3;1H/q+1;/p-1. The highest BCUT2D eigenvalue weighted by atomic mass is 79.9. The van der Waals surface area contributed by atoms with Crippen LogP contribution in [0, 0.1) is 0 Å². The Morgan fingerprint density at radius 1 is 0.708 bits per heavy atom. The minimum atomic E-state index is 0. The Morgan fingerprint density at radius 3 is 1.62 bits per heavy atom. The molecule has 0 atom stereocenters. The van der Waals surface area contributed by atoms with E-state index in [1.54, 1.807) is 0 Å². The zero-order chi connectivity index (χ0) is 17.0. The van der Waals surface area contributed by atoms with E-state index in [-0.39, 0.29) is 17.0 Å². The average molecular weight is 400 g/mol. The minimum Gasteiger partial charge on any atom is -1.00 e. The molecule has 1 rings (SSSR count). The van der Waals surface area contributed by atoms with Crippen molar-refractivity contribution in [1.29, 1.82) is 0 Å². The van der Waals surface area contributed by atoms with Crippen molar-refractivity contribution in [3.05, 3.63) is 24.3 Å². The van der Waals surface area contributed by atoms with Gasteiger partial charge >= 0.3 is 0 Å². The number of rotatable bonds is 13. The molecule has 0 amide bonds. The Hall–Kier alpha value is -0.540. The van der Waals surface area contributed by atoms with E-state index >= 15 is 0 Å². The SMILES string of the molecule is CCCCCCCCCCCCOc1ccc([N+](C)(C)C)cc1.[Br-]. The minimum absolute atomic E-state index is 0. The smallest absolute Gasteiger partial charge is 0.132 e. The van der Waals surface area contributed by atoms with E-state index < -0.39 is 0 Å². The van der Waals surface area contributed by atoms with Gasteiger partial charge in [0.05, 0.1) is 27.7 Å². The lowest BCUT2D eigenvalue weighted by Gasteiger charge is -2.23. The maximum atomic E-state index is 5.84. The van der Waals surface area contributed by atoms with Crippen molar-refractivity contribution in [2.24, 2.45) is 0 Å². The maximum absolute atomic E-state index is 5.84. The topological polar surface area (TPSA) is 9.23 Å². The van der Waals surface area contributed by atoms with Crippen molar-refractivity contribution in [3.63, 3.8) is 0 Å². The molecule has 0 spiro atoms. The lowest BCUT2D eigenvalue weighted by Crippen LogP contribution is -3.00. The first kappa shape index (κ1) is 23.5. The average Bonchev–Trinajstić information content (AvgIpc) is 2.52. The molecule has 0 N–H and O–H groups in total. The van der Waals surface area contributed by atoms with E-state index in [9.17, 15) is 0 Å². The number of nitrogens with zero attached hydrogens (tertiary/aromatic N) is 1. The summed E-state index contributed by atoms with van der Waals surface area (Å²) >= 11 is 0. The van der Waals surface area contributed by atoms with Gasteiger partial charge in [0.15, 0.2) is 0 Å². The van der Waals surface area contributed by atoms with Gasteiger partial charge in [-0.1, -0.05) is 64.7 Å². The molecule has 0 unspecified atom stereocenters. The molecule has 2 nitrogen and oxygen atoms in total. The molecule has 0 aromatic heterocycles. The number of halogens is 1. The Balaban J connectivity index is 0.00000529. The van der Waals surface area contributed by atoms with Crippen molar-refractivity contribution in [3.8, 4) is 5.75 Å². The van der Waals surface area contributed by atoms with Crippen molar-refractivity contribution in [2.75, 3.05) is 27.7 Å². The molecule has 24 heavy (non-hydrogen) atoms. The molecule has 0 radical (unpaired) electrons. The van der Waals surface area contributed by atoms with Crippen LogP contribution in [0.4, 0.5) is 5.69 Å². The fraction of sp³-hybridized carbons (Fsp3) is 0.714. The summed E-state index contributed by atoms with van der Waals surface area (Å²) in [6.45, 7) is 3.13. The summed E-state index contributed by atoms with van der Waals surface area (Å²) in [5.41, 5.74) is 1.30. The van der Waals surface area contributed by atoms with Gasteiger partial charge in [-0.2, -0.15) is 0 Å². The number of ether oxygens (including phenoxy) is 1. The molecule has 140 valence electrons. The van der Waals surface area contributed by atoms with Gasteiger partial charge in [0.1, 0.15) is 11.4 Å². The van der Waals surface area contributed by atoms with Crippen LogP contribution in [0.5, 0.6) is 5.75 Å². The van der Waals surface area contributed by atoms with Gasteiger partial charge in [-0.25, -0.2) is 0 Å². The lowest BCUT2D eigenvalue weighted by molar-refractivity contribution is -0.00000573. The van der Waals surface area contributed by atoms with Gasteiger partial charge in [0.25, 0.3) is 0 Å². The first-order valence-electron chi connectivity index (χ1n) is 9.59. The van der Waals surface area contributed by atoms with Crippen molar-refractivity contribution >= 4 is 5.69 Å². The molecule has 0 heterocycles. The summed E-state index contributed by atoms with van der Waals surface area (Å²) < 4.78 is 6.68. The van der Waals surface area contributed by atoms with Gasteiger partial charge in [-0.15, -0.1) is 0 Å². The number of quaternary nitrogens is 1. The largest absolute Gasteiger partial charge is 1.00 e. The van der Waals surface area contributed by atoms with Crippen LogP contribution < -0.4 is 26.2 Å². The van der Waals surface area contributed by atoms with Gasteiger partial charge in [0, 0.05) is 12.1 Å². The molecule has 0 saturated carbocycles. The van der Waals surface area contributed by atoms with E-state index in [0.29, 0.717) is 0 Å². The summed E-state index contributed by atoms with van der Waals surface area (Å²) in [4.78, 5) is 0. The van der Waals surface area contributed by atoms with E-state index in [1.807, 2.05) is 0 Å². The molecule has 0 fully saturated rings. The van der Waals surface area contributed by atoms with Gasteiger partial charge < -0.3 is 21.7 Å². The second-order valence-corrected chi connectivity index (χ2v) is 7.54. The first-order chi connectivity index (χ1) is 11.0. The second kappa shape index (κ2) is 13.7. The normalized spacial score (nSPS) is 11.2. The van der Waals surface area contributed by atoms with E-state index in [0.717, 1.165) is 16.8 Å². The molecule has 3 heteroatoms. The predicted octanol–water partition coefficient (Wildman–Crippen LogP) is 3.19. The summed E-state index contributed by atoms with van der Waals surface area (Å²) in [6.07, 6.45) is 13.7. The Labute approximate surface area is 161 Å². The van der Waals surface area contributed by atoms with Crippen LogP contribution in [-0.2, 0) is 0 Å². The van der Waals surface area contributed by atoms with Crippen LogP contribution in [0.2, 0.25) is 0 Å². The molecule has 0 bridgehead atoms. The van der Waals surface area contributed by atoms with Gasteiger partial charge in [-0.3, -0.25) is 4.48 Å². The van der Waals surface area contributed by atoms with Crippen LogP contribution in [-0.4, -0.2) is 27.7 Å². The highest BCUT2D eigenvalue weighted by Gasteiger charge is 2.11. The predicted molar refractivity (Wildman–Crippen MR) is 103 cm³/mol. The van der Waals surface area contributed by atoms with Gasteiger partial charge in [-0.05, 0) is 18.6 Å². The second-order valence-electron chi connectivity index (χ2n) is 7.54. The van der Waals surface area contributed by atoms with Crippen LogP contribution in [0.3, 0.4) is 0 Å². The van der Waals surface area contributed by atoms with Crippen LogP contribution >= 0.6 is 0 Å². The molecule has 0 aliphatic rings. The lowest BCUT2D eigenvalue weighted by atomic mass is 10.1. The van der Waals surface area contributed by atoms with Crippen molar-refractivity contribution in [2.45, 2.75) is 71.1 Å². The zero-order valence-corrected chi connectivity index (χ0v) is 17.9. The Kier molecular flexibility index (Phi) is 13.4. The van der Waals surface area contributed by atoms with Crippen LogP contribution in [0.15, 0.2) is 24.3 Å². The van der Waals surface area contributed by atoms with Crippen molar-refractivity contribution in [1.82, 2.24) is 4.48 Å². The first-order valence-corrected chi connectivity index (χ1v) is 9.59. The fourth-order valence-corrected chi connectivity index (χ4v) is 2.77. The summed E-state index contributed by atoms with van der Waals surface area (Å²) in [6, 6.07) is 8.51.